The average molecular weight is 284 g/mol. The second-order valence-corrected chi connectivity index (χ2v) is 6.22. The second kappa shape index (κ2) is 6.27. The molecule has 2 rings (SSSR count). The zero-order chi connectivity index (χ0) is 15.5. The lowest BCUT2D eigenvalue weighted by atomic mass is 9.85. The van der Waals surface area contributed by atoms with Crippen LogP contribution in [0.5, 0.6) is 11.5 Å². The summed E-state index contributed by atoms with van der Waals surface area (Å²) in [4.78, 5) is 4.10. The lowest BCUT2D eigenvalue weighted by Crippen LogP contribution is -2.13. The van der Waals surface area contributed by atoms with Crippen LogP contribution in [0.1, 0.15) is 44.4 Å². The van der Waals surface area contributed by atoms with E-state index in [-0.39, 0.29) is 5.41 Å². The van der Waals surface area contributed by atoms with Crippen LogP contribution in [0.15, 0.2) is 36.7 Å². The fraction of sp³-hybridized carbons (Fsp3) is 0.389. The van der Waals surface area contributed by atoms with Crippen LogP contribution in [0.25, 0.3) is 0 Å². The molecule has 2 aromatic rings. The molecule has 0 atom stereocenters. The summed E-state index contributed by atoms with van der Waals surface area (Å²) in [5, 5.41) is 0. The monoisotopic (exact) mass is 284 g/mol. The van der Waals surface area contributed by atoms with Gasteiger partial charge < -0.3 is 10.5 Å². The van der Waals surface area contributed by atoms with Crippen LogP contribution < -0.4 is 10.5 Å². The molecular formula is C18H24N2O. The van der Waals surface area contributed by atoms with Crippen molar-refractivity contribution < 1.29 is 4.74 Å². The van der Waals surface area contributed by atoms with Crippen molar-refractivity contribution in [3.63, 3.8) is 0 Å². The van der Waals surface area contributed by atoms with Gasteiger partial charge in [-0.25, -0.2) is 0 Å². The summed E-state index contributed by atoms with van der Waals surface area (Å²) in [6.07, 6.45) is 4.50. The van der Waals surface area contributed by atoms with Crippen LogP contribution in [0.4, 0.5) is 0 Å². The molecule has 3 nitrogen and oxygen atoms in total. The predicted octanol–water partition coefficient (Wildman–Crippen LogP) is 4.19. The number of aromatic nitrogens is 1. The Hall–Kier alpha value is -1.87. The summed E-state index contributed by atoms with van der Waals surface area (Å²) in [5.74, 6) is 1.67. The molecule has 1 heterocycles. The third-order valence-electron chi connectivity index (χ3n) is 3.56. The fourth-order valence-electron chi connectivity index (χ4n) is 2.26. The van der Waals surface area contributed by atoms with E-state index < -0.39 is 0 Å². The Bertz CT molecular complexity index is 615. The van der Waals surface area contributed by atoms with Crippen LogP contribution in [0.3, 0.4) is 0 Å². The smallest absolute Gasteiger partial charge is 0.135 e. The van der Waals surface area contributed by atoms with Crippen molar-refractivity contribution in [2.45, 2.75) is 46.1 Å². The maximum absolute atomic E-state index is 6.14. The van der Waals surface area contributed by atoms with Gasteiger partial charge in [0.2, 0.25) is 0 Å². The van der Waals surface area contributed by atoms with Crippen molar-refractivity contribution in [1.82, 2.24) is 4.98 Å². The van der Waals surface area contributed by atoms with E-state index in [1.165, 1.54) is 11.1 Å². The van der Waals surface area contributed by atoms with Crippen LogP contribution in [-0.2, 0) is 18.4 Å². The van der Waals surface area contributed by atoms with Crippen LogP contribution in [0.2, 0.25) is 0 Å². The van der Waals surface area contributed by atoms with E-state index in [1.807, 2.05) is 6.07 Å². The quantitative estimate of drug-likeness (QED) is 0.915. The van der Waals surface area contributed by atoms with Crippen LogP contribution in [0, 0.1) is 0 Å². The number of hydrogen-bond acceptors (Lipinski definition) is 3. The summed E-state index contributed by atoms with van der Waals surface area (Å²) in [7, 11) is 0. The lowest BCUT2D eigenvalue weighted by molar-refractivity contribution is 0.449. The minimum atomic E-state index is 0.0242. The Morgan fingerprint density at radius 1 is 1.14 bits per heavy atom. The van der Waals surface area contributed by atoms with Gasteiger partial charge in [-0.3, -0.25) is 4.98 Å². The van der Waals surface area contributed by atoms with Crippen LogP contribution in [-0.4, -0.2) is 4.98 Å². The van der Waals surface area contributed by atoms with Gasteiger partial charge in [-0.1, -0.05) is 39.8 Å². The van der Waals surface area contributed by atoms with E-state index in [9.17, 15) is 0 Å². The second-order valence-electron chi connectivity index (χ2n) is 6.22. The molecule has 0 spiro atoms. The van der Waals surface area contributed by atoms with Crippen molar-refractivity contribution in [2.24, 2.45) is 5.73 Å². The van der Waals surface area contributed by atoms with Crippen molar-refractivity contribution >= 4 is 0 Å². The summed E-state index contributed by atoms with van der Waals surface area (Å²) in [6.45, 7) is 9.18. The molecule has 3 heteroatoms. The molecule has 0 saturated carbocycles. The molecule has 0 bridgehead atoms. The van der Waals surface area contributed by atoms with Gasteiger partial charge in [-0.05, 0) is 29.5 Å². The number of nitrogens with zero attached hydrogens (tertiary/aromatic N) is 1. The Labute approximate surface area is 127 Å². The molecule has 0 amide bonds. The molecule has 21 heavy (non-hydrogen) atoms. The molecule has 0 aliphatic carbocycles. The van der Waals surface area contributed by atoms with Crippen molar-refractivity contribution in [2.75, 3.05) is 0 Å². The first kappa shape index (κ1) is 15.5. The predicted molar refractivity (Wildman–Crippen MR) is 86.7 cm³/mol. The maximum atomic E-state index is 6.14. The molecular weight excluding hydrogens is 260 g/mol. The molecule has 0 aliphatic rings. The van der Waals surface area contributed by atoms with Gasteiger partial charge in [0.25, 0.3) is 0 Å². The number of benzene rings is 1. The Morgan fingerprint density at radius 2 is 1.90 bits per heavy atom. The molecule has 112 valence electrons. The third kappa shape index (κ3) is 3.61. The Morgan fingerprint density at radius 3 is 2.52 bits per heavy atom. The number of ether oxygens (including phenoxy) is 1. The molecule has 1 aromatic carbocycles. The van der Waals surface area contributed by atoms with Crippen molar-refractivity contribution in [3.8, 4) is 11.5 Å². The highest BCUT2D eigenvalue weighted by molar-refractivity contribution is 5.45. The molecule has 2 N–H and O–H groups in total. The first-order valence-electron chi connectivity index (χ1n) is 7.40. The molecule has 0 saturated heterocycles. The van der Waals surface area contributed by atoms with E-state index in [2.05, 4.69) is 50.9 Å². The topological polar surface area (TPSA) is 48.1 Å². The number of rotatable bonds is 4. The molecule has 0 radical (unpaired) electrons. The van der Waals surface area contributed by atoms with Crippen molar-refractivity contribution in [1.29, 1.82) is 0 Å². The van der Waals surface area contributed by atoms with Gasteiger partial charge in [0.1, 0.15) is 11.5 Å². The zero-order valence-electron chi connectivity index (χ0n) is 13.3. The summed E-state index contributed by atoms with van der Waals surface area (Å²) in [6, 6.07) is 8.27. The molecule has 1 aromatic heterocycles. The first-order chi connectivity index (χ1) is 9.95. The summed E-state index contributed by atoms with van der Waals surface area (Å²) in [5.41, 5.74) is 9.22. The lowest BCUT2D eigenvalue weighted by Gasteiger charge is -2.24. The third-order valence-corrected chi connectivity index (χ3v) is 3.56. The van der Waals surface area contributed by atoms with E-state index in [4.69, 9.17) is 10.5 Å². The fourth-order valence-corrected chi connectivity index (χ4v) is 2.26. The molecule has 0 fully saturated rings. The minimum Gasteiger partial charge on any atom is -0.457 e. The maximum Gasteiger partial charge on any atom is 0.135 e. The highest BCUT2D eigenvalue weighted by Crippen LogP contribution is 2.35. The van der Waals surface area contributed by atoms with Gasteiger partial charge in [-0.15, -0.1) is 0 Å². The molecule has 0 aliphatic heterocycles. The van der Waals surface area contributed by atoms with Gasteiger partial charge >= 0.3 is 0 Å². The SMILES string of the molecule is CCc1ccc(Oc2ccncc2CN)c(C(C)(C)C)c1. The summed E-state index contributed by atoms with van der Waals surface area (Å²) >= 11 is 0. The largest absolute Gasteiger partial charge is 0.457 e. The number of aryl methyl sites for hydroxylation is 1. The number of hydrogen-bond donors (Lipinski definition) is 1. The van der Waals surface area contributed by atoms with E-state index in [1.54, 1.807) is 12.4 Å². The number of nitrogens with two attached hydrogens (primary N) is 1. The average Bonchev–Trinajstić information content (AvgIpc) is 2.47. The van der Waals surface area contributed by atoms with Crippen molar-refractivity contribution in [3.05, 3.63) is 53.3 Å². The van der Waals surface area contributed by atoms with E-state index >= 15 is 0 Å². The van der Waals surface area contributed by atoms with E-state index in [0.717, 1.165) is 23.5 Å². The highest BCUT2D eigenvalue weighted by atomic mass is 16.5. The molecule has 0 unspecified atom stereocenters. The number of pyridine rings is 1. The van der Waals surface area contributed by atoms with E-state index in [0.29, 0.717) is 6.54 Å². The van der Waals surface area contributed by atoms with Gasteiger partial charge in [-0.2, -0.15) is 0 Å². The van der Waals surface area contributed by atoms with Crippen LogP contribution >= 0.6 is 0 Å². The Balaban J connectivity index is 2.44. The van der Waals surface area contributed by atoms with Gasteiger partial charge in [0.05, 0.1) is 0 Å². The minimum absolute atomic E-state index is 0.0242. The van der Waals surface area contributed by atoms with Gasteiger partial charge in [0.15, 0.2) is 0 Å². The first-order valence-corrected chi connectivity index (χ1v) is 7.40. The van der Waals surface area contributed by atoms with Gasteiger partial charge in [0, 0.05) is 30.1 Å². The standard InChI is InChI=1S/C18H24N2O/c1-5-13-6-7-17(15(10-13)18(2,3)4)21-16-8-9-20-12-14(16)11-19/h6-10,12H,5,11,19H2,1-4H3. The normalized spacial score (nSPS) is 11.5. The Kier molecular flexibility index (Phi) is 4.63. The summed E-state index contributed by atoms with van der Waals surface area (Å²) < 4.78 is 6.14. The highest BCUT2D eigenvalue weighted by Gasteiger charge is 2.20. The zero-order valence-corrected chi connectivity index (χ0v) is 13.3.